The summed E-state index contributed by atoms with van der Waals surface area (Å²) < 4.78 is 28.9. The number of rotatable bonds is 12. The summed E-state index contributed by atoms with van der Waals surface area (Å²) in [6.45, 7) is 3.13. The van der Waals surface area contributed by atoms with Crippen molar-refractivity contribution in [2.75, 3.05) is 10.8 Å². The predicted molar refractivity (Wildman–Crippen MR) is 172 cm³/mol. The first-order valence-electron chi connectivity index (χ1n) is 13.8. The summed E-state index contributed by atoms with van der Waals surface area (Å²) >= 11 is 12.5. The molecule has 0 aliphatic carbocycles. The Morgan fingerprint density at radius 2 is 1.35 bits per heavy atom. The van der Waals surface area contributed by atoms with Crippen LogP contribution in [0.3, 0.4) is 0 Å². The predicted octanol–water partition coefficient (Wildman–Crippen LogP) is 6.35. The molecule has 0 bridgehead atoms. The fourth-order valence-electron chi connectivity index (χ4n) is 4.61. The van der Waals surface area contributed by atoms with Gasteiger partial charge in [-0.3, -0.25) is 13.9 Å². The van der Waals surface area contributed by atoms with Crippen molar-refractivity contribution in [3.63, 3.8) is 0 Å². The number of amides is 2. The summed E-state index contributed by atoms with van der Waals surface area (Å²) in [6, 6.07) is 29.6. The van der Waals surface area contributed by atoms with Crippen LogP contribution in [0.1, 0.15) is 25.0 Å². The number of para-hydroxylation sites is 1. The van der Waals surface area contributed by atoms with E-state index in [4.69, 9.17) is 23.2 Å². The van der Waals surface area contributed by atoms with Gasteiger partial charge in [0.25, 0.3) is 10.0 Å². The fraction of sp³-hybridized carbons (Fsp3) is 0.212. The maximum absolute atomic E-state index is 14.4. The SMILES string of the molecule is CC(C)NC(=O)[C@@H](Cc1ccccc1)N(Cc1ccc(Cl)c(Cl)c1)C(=O)CN(c1ccccc1)S(=O)(=O)c1ccccc1. The topological polar surface area (TPSA) is 86.8 Å². The van der Waals surface area contributed by atoms with E-state index in [1.54, 1.807) is 66.7 Å². The maximum Gasteiger partial charge on any atom is 0.264 e. The number of anilines is 1. The van der Waals surface area contributed by atoms with Gasteiger partial charge >= 0.3 is 0 Å². The van der Waals surface area contributed by atoms with E-state index in [0.717, 1.165) is 9.87 Å². The Kier molecular flexibility index (Phi) is 10.9. The van der Waals surface area contributed by atoms with Crippen LogP contribution in [-0.2, 0) is 32.6 Å². The lowest BCUT2D eigenvalue weighted by Crippen LogP contribution is -2.54. The van der Waals surface area contributed by atoms with Gasteiger partial charge in [-0.25, -0.2) is 8.42 Å². The Morgan fingerprint density at radius 1 is 0.767 bits per heavy atom. The highest BCUT2D eigenvalue weighted by Crippen LogP contribution is 2.27. The van der Waals surface area contributed by atoms with E-state index in [1.807, 2.05) is 44.2 Å². The summed E-state index contributed by atoms with van der Waals surface area (Å²) in [6.07, 6.45) is 0.212. The molecule has 0 saturated carbocycles. The maximum atomic E-state index is 14.4. The van der Waals surface area contributed by atoms with Crippen molar-refractivity contribution >= 4 is 50.7 Å². The van der Waals surface area contributed by atoms with Gasteiger partial charge in [0, 0.05) is 19.0 Å². The number of hydrogen-bond donors (Lipinski definition) is 1. The Labute approximate surface area is 263 Å². The van der Waals surface area contributed by atoms with Gasteiger partial charge in [0.1, 0.15) is 12.6 Å². The average molecular weight is 639 g/mol. The smallest absolute Gasteiger partial charge is 0.264 e. The van der Waals surface area contributed by atoms with Crippen molar-refractivity contribution in [1.82, 2.24) is 10.2 Å². The number of sulfonamides is 1. The van der Waals surface area contributed by atoms with Gasteiger partial charge in [-0.05, 0) is 61.4 Å². The molecule has 0 saturated heterocycles. The summed E-state index contributed by atoms with van der Waals surface area (Å²) in [4.78, 5) is 29.5. The molecule has 4 aromatic rings. The number of carbonyl (C=O) groups excluding carboxylic acids is 2. The number of benzene rings is 4. The van der Waals surface area contributed by atoms with E-state index in [9.17, 15) is 18.0 Å². The standard InChI is InChI=1S/C33H33Cl2N3O4S/c1-24(2)36-33(40)31(21-25-12-6-3-7-13-25)37(22-26-18-19-29(34)30(35)20-26)32(39)23-38(27-14-8-4-9-15-27)43(41,42)28-16-10-5-11-17-28/h3-20,24,31H,21-23H2,1-2H3,(H,36,40)/t31-/m1/s1. The lowest BCUT2D eigenvalue weighted by Gasteiger charge is -2.34. The Morgan fingerprint density at radius 3 is 1.93 bits per heavy atom. The van der Waals surface area contributed by atoms with E-state index >= 15 is 0 Å². The molecule has 0 aliphatic rings. The van der Waals surface area contributed by atoms with Crippen molar-refractivity contribution < 1.29 is 18.0 Å². The van der Waals surface area contributed by atoms with Gasteiger partial charge in [0.2, 0.25) is 11.8 Å². The Balaban J connectivity index is 1.79. The lowest BCUT2D eigenvalue weighted by molar-refractivity contribution is -0.140. The molecule has 4 aromatic carbocycles. The number of nitrogens with one attached hydrogen (secondary N) is 1. The van der Waals surface area contributed by atoms with E-state index in [1.165, 1.54) is 17.0 Å². The number of hydrogen-bond acceptors (Lipinski definition) is 4. The van der Waals surface area contributed by atoms with E-state index in [-0.39, 0.29) is 29.8 Å². The molecule has 10 heteroatoms. The summed E-state index contributed by atoms with van der Waals surface area (Å²) in [5, 5.41) is 3.59. The molecule has 0 fully saturated rings. The van der Waals surface area contributed by atoms with Gasteiger partial charge < -0.3 is 10.2 Å². The van der Waals surface area contributed by atoms with Gasteiger partial charge in [-0.2, -0.15) is 0 Å². The lowest BCUT2D eigenvalue weighted by atomic mass is 10.0. The number of nitrogens with zero attached hydrogens (tertiary/aromatic N) is 2. The average Bonchev–Trinajstić information content (AvgIpc) is 3.00. The van der Waals surface area contributed by atoms with Crippen LogP contribution in [0, 0.1) is 0 Å². The van der Waals surface area contributed by atoms with E-state index < -0.39 is 28.5 Å². The van der Waals surface area contributed by atoms with Crippen LogP contribution < -0.4 is 9.62 Å². The largest absolute Gasteiger partial charge is 0.352 e. The molecule has 0 aliphatic heterocycles. The zero-order chi connectivity index (χ0) is 31.0. The highest BCUT2D eigenvalue weighted by molar-refractivity contribution is 7.92. The highest BCUT2D eigenvalue weighted by atomic mass is 35.5. The van der Waals surface area contributed by atoms with Crippen molar-refractivity contribution in [2.45, 2.75) is 43.8 Å². The van der Waals surface area contributed by atoms with E-state index in [0.29, 0.717) is 21.3 Å². The molecule has 0 radical (unpaired) electrons. The zero-order valence-electron chi connectivity index (χ0n) is 23.9. The van der Waals surface area contributed by atoms with Crippen molar-refractivity contribution in [3.8, 4) is 0 Å². The zero-order valence-corrected chi connectivity index (χ0v) is 26.2. The molecule has 4 rings (SSSR count). The van der Waals surface area contributed by atoms with E-state index in [2.05, 4.69) is 5.32 Å². The highest BCUT2D eigenvalue weighted by Gasteiger charge is 2.34. The second-order valence-corrected chi connectivity index (χ2v) is 13.0. The first-order chi connectivity index (χ1) is 20.6. The molecule has 224 valence electrons. The van der Waals surface area contributed by atoms with Gasteiger partial charge in [-0.1, -0.05) is 96.0 Å². The van der Waals surface area contributed by atoms with Crippen molar-refractivity contribution in [1.29, 1.82) is 0 Å². The molecule has 0 spiro atoms. The molecule has 0 unspecified atom stereocenters. The van der Waals surface area contributed by atoms with Crippen molar-refractivity contribution in [2.24, 2.45) is 0 Å². The quantitative estimate of drug-likeness (QED) is 0.196. The molecule has 43 heavy (non-hydrogen) atoms. The van der Waals surface area contributed by atoms with Crippen LogP contribution >= 0.6 is 23.2 Å². The molecule has 1 N–H and O–H groups in total. The molecule has 2 amide bonds. The molecule has 0 aromatic heterocycles. The van der Waals surface area contributed by atoms with Gasteiger partial charge in [-0.15, -0.1) is 0 Å². The summed E-state index contributed by atoms with van der Waals surface area (Å²) in [5.41, 5.74) is 1.80. The molecular weight excluding hydrogens is 605 g/mol. The van der Waals surface area contributed by atoms with Crippen LogP contribution in [0.2, 0.25) is 10.0 Å². The summed E-state index contributed by atoms with van der Waals surface area (Å²) in [5.74, 6) is -0.918. The third kappa shape index (κ3) is 8.38. The molecule has 1 atom stereocenters. The van der Waals surface area contributed by atoms with Crippen LogP contribution in [0.4, 0.5) is 5.69 Å². The van der Waals surface area contributed by atoms with Crippen LogP contribution in [-0.4, -0.2) is 43.8 Å². The molecule has 7 nitrogen and oxygen atoms in total. The van der Waals surface area contributed by atoms with Gasteiger partial charge in [0.15, 0.2) is 0 Å². The van der Waals surface area contributed by atoms with Crippen LogP contribution in [0.15, 0.2) is 114 Å². The second-order valence-electron chi connectivity index (χ2n) is 10.3. The monoisotopic (exact) mass is 637 g/mol. The minimum absolute atomic E-state index is 0.00719. The Hall–Kier alpha value is -3.85. The van der Waals surface area contributed by atoms with Crippen LogP contribution in [0.25, 0.3) is 0 Å². The fourth-order valence-corrected chi connectivity index (χ4v) is 6.37. The molecule has 0 heterocycles. The van der Waals surface area contributed by atoms with Crippen LogP contribution in [0.5, 0.6) is 0 Å². The third-order valence-electron chi connectivity index (χ3n) is 6.69. The molecular formula is C33H33Cl2N3O4S. The Bertz CT molecular complexity index is 1640. The third-order valence-corrected chi connectivity index (χ3v) is 9.22. The minimum atomic E-state index is -4.15. The minimum Gasteiger partial charge on any atom is -0.352 e. The number of halogens is 2. The van der Waals surface area contributed by atoms with Crippen molar-refractivity contribution in [3.05, 3.63) is 130 Å². The van der Waals surface area contributed by atoms with Gasteiger partial charge in [0.05, 0.1) is 20.6 Å². The second kappa shape index (κ2) is 14.6. The number of carbonyl (C=O) groups is 2. The summed E-state index contributed by atoms with van der Waals surface area (Å²) in [7, 11) is -4.15. The first-order valence-corrected chi connectivity index (χ1v) is 16.0. The normalized spacial score (nSPS) is 12.0. The first kappa shape index (κ1) is 32.1.